The van der Waals surface area contributed by atoms with Crippen LogP contribution in [0.4, 0.5) is 0 Å². The number of rotatable bonds is 12. The number of sulfonamides is 1. The molecule has 39 heavy (non-hydrogen) atoms. The minimum Gasteiger partial charge on any atom is -0.493 e. The van der Waals surface area contributed by atoms with Crippen LogP contribution in [-0.4, -0.2) is 45.9 Å². The molecule has 202 valence electrons. The minimum absolute atomic E-state index is 0.0173. The van der Waals surface area contributed by atoms with Gasteiger partial charge in [-0.25, -0.2) is 8.42 Å². The zero-order valence-electron chi connectivity index (χ0n) is 22.0. The molecule has 4 aromatic carbocycles. The van der Waals surface area contributed by atoms with Gasteiger partial charge in [-0.05, 0) is 35.2 Å². The van der Waals surface area contributed by atoms with E-state index >= 15 is 0 Å². The minimum atomic E-state index is -4.05. The molecule has 0 heterocycles. The summed E-state index contributed by atoms with van der Waals surface area (Å²) in [5, 5.41) is 3.05. The second kappa shape index (κ2) is 13.1. The summed E-state index contributed by atoms with van der Waals surface area (Å²) in [5.41, 5.74) is 2.77. The lowest BCUT2D eigenvalue weighted by molar-refractivity contribution is -0.121. The van der Waals surface area contributed by atoms with Crippen LogP contribution in [0.25, 0.3) is 0 Å². The van der Waals surface area contributed by atoms with Crippen LogP contribution in [0.15, 0.2) is 114 Å². The maximum absolute atomic E-state index is 13.8. The monoisotopic (exact) mass is 544 g/mol. The summed E-state index contributed by atoms with van der Waals surface area (Å²) < 4.78 is 39.5. The van der Waals surface area contributed by atoms with E-state index in [4.69, 9.17) is 9.47 Å². The third-order valence-electron chi connectivity index (χ3n) is 6.38. The topological polar surface area (TPSA) is 84.9 Å². The van der Waals surface area contributed by atoms with E-state index in [1.165, 1.54) is 30.7 Å². The Labute approximate surface area is 230 Å². The molecule has 1 N–H and O–H groups in total. The normalized spacial score (nSPS) is 11.4. The molecule has 4 rings (SSSR count). The molecule has 7 nitrogen and oxygen atoms in total. The van der Waals surface area contributed by atoms with E-state index in [0.29, 0.717) is 17.9 Å². The molecule has 0 aliphatic heterocycles. The first-order valence-electron chi connectivity index (χ1n) is 12.6. The summed E-state index contributed by atoms with van der Waals surface area (Å²) in [6, 6.07) is 32.8. The van der Waals surface area contributed by atoms with Crippen molar-refractivity contribution in [3.63, 3.8) is 0 Å². The number of methoxy groups -OCH3 is 2. The summed E-state index contributed by atoms with van der Waals surface area (Å²) in [6.07, 6.45) is 0.446. The number of hydrogen-bond donors (Lipinski definition) is 1. The summed E-state index contributed by atoms with van der Waals surface area (Å²) in [7, 11) is -1.12. The fourth-order valence-corrected chi connectivity index (χ4v) is 5.74. The summed E-state index contributed by atoms with van der Waals surface area (Å²) >= 11 is 0. The largest absolute Gasteiger partial charge is 0.493 e. The lowest BCUT2D eigenvalue weighted by Gasteiger charge is -2.25. The van der Waals surface area contributed by atoms with Crippen molar-refractivity contribution in [2.75, 3.05) is 27.3 Å². The van der Waals surface area contributed by atoms with Crippen molar-refractivity contribution in [1.29, 1.82) is 0 Å². The van der Waals surface area contributed by atoms with Crippen molar-refractivity contribution < 1.29 is 22.7 Å². The van der Waals surface area contributed by atoms with Gasteiger partial charge in [-0.15, -0.1) is 0 Å². The highest BCUT2D eigenvalue weighted by atomic mass is 32.2. The van der Waals surface area contributed by atoms with Crippen molar-refractivity contribution in [2.45, 2.75) is 17.4 Å². The van der Waals surface area contributed by atoms with Gasteiger partial charge in [-0.3, -0.25) is 4.79 Å². The fraction of sp³-hybridized carbons (Fsp3) is 0.194. The Morgan fingerprint density at radius 1 is 0.769 bits per heavy atom. The van der Waals surface area contributed by atoms with Crippen LogP contribution < -0.4 is 14.8 Å². The van der Waals surface area contributed by atoms with Crippen molar-refractivity contribution >= 4 is 15.9 Å². The van der Waals surface area contributed by atoms with Crippen LogP contribution in [0.1, 0.15) is 22.7 Å². The fourth-order valence-electron chi connectivity index (χ4n) is 4.33. The van der Waals surface area contributed by atoms with Gasteiger partial charge in [0.15, 0.2) is 11.5 Å². The van der Waals surface area contributed by atoms with E-state index < -0.39 is 22.0 Å². The lowest BCUT2D eigenvalue weighted by atomic mass is 9.99. The predicted octanol–water partition coefficient (Wildman–Crippen LogP) is 4.84. The standard InChI is InChI=1S/C31H32N2O5S/c1-37-28-19-18-27(22-29(28)38-2)39(35,36)33(21-20-24-12-6-3-7-13-24)23-30(34)32-31(25-14-8-4-9-15-25)26-16-10-5-11-17-26/h3-19,22,31H,20-21,23H2,1-2H3,(H,32,34). The number of benzene rings is 4. The highest BCUT2D eigenvalue weighted by Gasteiger charge is 2.29. The smallest absolute Gasteiger partial charge is 0.243 e. The summed E-state index contributed by atoms with van der Waals surface area (Å²) in [6.45, 7) is -0.227. The van der Waals surface area contributed by atoms with Crippen LogP contribution in [0.3, 0.4) is 0 Å². The quantitative estimate of drug-likeness (QED) is 0.276. The molecule has 0 aliphatic carbocycles. The first-order chi connectivity index (χ1) is 18.9. The van der Waals surface area contributed by atoms with Crippen molar-refractivity contribution in [1.82, 2.24) is 9.62 Å². The number of hydrogen-bond acceptors (Lipinski definition) is 5. The molecule has 0 atom stereocenters. The van der Waals surface area contributed by atoms with Crippen LogP contribution >= 0.6 is 0 Å². The van der Waals surface area contributed by atoms with Gasteiger partial charge in [0.1, 0.15) is 0 Å². The first-order valence-corrected chi connectivity index (χ1v) is 14.0. The number of nitrogens with one attached hydrogen (secondary N) is 1. The van der Waals surface area contributed by atoms with Crippen molar-refractivity contribution in [3.05, 3.63) is 126 Å². The second-order valence-corrected chi connectivity index (χ2v) is 10.9. The molecular weight excluding hydrogens is 512 g/mol. The molecule has 0 bridgehead atoms. The summed E-state index contributed by atoms with van der Waals surface area (Å²) in [5.74, 6) is 0.294. The van der Waals surface area contributed by atoms with Crippen molar-refractivity contribution in [2.24, 2.45) is 0 Å². The Bertz CT molecular complexity index is 1420. The average molecular weight is 545 g/mol. The third kappa shape index (κ3) is 7.04. The Balaban J connectivity index is 1.63. The zero-order chi connectivity index (χ0) is 27.7. The number of ether oxygens (including phenoxy) is 2. The van der Waals surface area contributed by atoms with Gasteiger partial charge in [0, 0.05) is 12.6 Å². The molecule has 0 fully saturated rings. The van der Waals surface area contributed by atoms with E-state index in [1.807, 2.05) is 91.0 Å². The molecule has 0 radical (unpaired) electrons. The maximum Gasteiger partial charge on any atom is 0.243 e. The number of carbonyl (C=O) groups excluding carboxylic acids is 1. The highest BCUT2D eigenvalue weighted by molar-refractivity contribution is 7.89. The van der Waals surface area contributed by atoms with Crippen molar-refractivity contribution in [3.8, 4) is 11.5 Å². The van der Waals surface area contributed by atoms with Crippen LogP contribution in [0, 0.1) is 0 Å². The van der Waals surface area contributed by atoms with Gasteiger partial charge in [0.25, 0.3) is 0 Å². The maximum atomic E-state index is 13.8. The summed E-state index contributed by atoms with van der Waals surface area (Å²) in [4.78, 5) is 13.5. The molecule has 0 aromatic heterocycles. The van der Waals surface area contributed by atoms with E-state index in [2.05, 4.69) is 5.32 Å². The van der Waals surface area contributed by atoms with Gasteiger partial charge in [0.2, 0.25) is 15.9 Å². The van der Waals surface area contributed by atoms with Crippen LogP contribution in [0.5, 0.6) is 11.5 Å². The molecule has 8 heteroatoms. The lowest BCUT2D eigenvalue weighted by Crippen LogP contribution is -2.43. The third-order valence-corrected chi connectivity index (χ3v) is 8.22. The molecule has 0 saturated carbocycles. The molecule has 0 spiro atoms. The number of nitrogens with zero attached hydrogens (tertiary/aromatic N) is 1. The van der Waals surface area contributed by atoms with Gasteiger partial charge in [0.05, 0.1) is 31.7 Å². The van der Waals surface area contributed by atoms with Crippen LogP contribution in [-0.2, 0) is 21.2 Å². The average Bonchev–Trinajstić information content (AvgIpc) is 2.99. The Kier molecular flexibility index (Phi) is 9.35. The van der Waals surface area contributed by atoms with E-state index in [9.17, 15) is 13.2 Å². The highest BCUT2D eigenvalue weighted by Crippen LogP contribution is 2.31. The Morgan fingerprint density at radius 3 is 1.85 bits per heavy atom. The number of amides is 1. The predicted molar refractivity (Wildman–Crippen MR) is 151 cm³/mol. The second-order valence-electron chi connectivity index (χ2n) is 8.91. The van der Waals surface area contributed by atoms with Gasteiger partial charge >= 0.3 is 0 Å². The van der Waals surface area contributed by atoms with E-state index in [1.54, 1.807) is 6.07 Å². The molecule has 0 unspecified atom stereocenters. The Morgan fingerprint density at radius 2 is 1.31 bits per heavy atom. The van der Waals surface area contributed by atoms with Gasteiger partial charge in [-0.1, -0.05) is 91.0 Å². The molecule has 0 aliphatic rings. The molecule has 0 saturated heterocycles. The molecule has 1 amide bonds. The van der Waals surface area contributed by atoms with E-state index in [0.717, 1.165) is 16.7 Å². The van der Waals surface area contributed by atoms with Gasteiger partial charge < -0.3 is 14.8 Å². The zero-order valence-corrected chi connectivity index (χ0v) is 22.8. The first kappa shape index (κ1) is 27.9. The van der Waals surface area contributed by atoms with E-state index in [-0.39, 0.29) is 18.0 Å². The van der Waals surface area contributed by atoms with Crippen LogP contribution in [0.2, 0.25) is 0 Å². The molecular formula is C31H32N2O5S. The SMILES string of the molecule is COc1ccc(S(=O)(=O)N(CCc2ccccc2)CC(=O)NC(c2ccccc2)c2ccccc2)cc1OC. The van der Waals surface area contributed by atoms with Gasteiger partial charge in [-0.2, -0.15) is 4.31 Å². The molecule has 4 aromatic rings. The Hall–Kier alpha value is -4.14. The number of carbonyl (C=O) groups is 1.